The summed E-state index contributed by atoms with van der Waals surface area (Å²) in [4.78, 5) is 26.0. The summed E-state index contributed by atoms with van der Waals surface area (Å²) in [5.41, 5.74) is 2.62. The maximum atomic E-state index is 13.4. The molecule has 3 atom stereocenters. The number of rotatable bonds is 13. The number of aryl methyl sites for hydroxylation is 1. The Hall–Kier alpha value is -3.34. The predicted octanol–water partition coefficient (Wildman–Crippen LogP) is 3.83. The van der Waals surface area contributed by atoms with E-state index in [2.05, 4.69) is 23.3 Å². The quantitative estimate of drug-likeness (QED) is 0.188. The summed E-state index contributed by atoms with van der Waals surface area (Å²) in [6.07, 6.45) is 0.347. The van der Waals surface area contributed by atoms with Crippen LogP contribution in [-0.2, 0) is 39.1 Å². The highest BCUT2D eigenvalue weighted by atomic mass is 32.2. The number of carbonyl (C=O) groups excluding carboxylic acids is 2. The number of nitrogens with one attached hydrogen (secondary N) is 2. The second-order valence-electron chi connectivity index (χ2n) is 8.90. The highest BCUT2D eigenvalue weighted by molar-refractivity contribution is 7.88. The molecule has 0 spiro atoms. The van der Waals surface area contributed by atoms with Gasteiger partial charge in [-0.2, -0.15) is 21.0 Å². The van der Waals surface area contributed by atoms with Gasteiger partial charge < -0.3 is 15.4 Å². The number of carbonyl (C=O) groups is 2. The van der Waals surface area contributed by atoms with Crippen LogP contribution in [0, 0.1) is 0 Å². The van der Waals surface area contributed by atoms with Crippen LogP contribution in [0.2, 0.25) is 0 Å². The molecule has 0 fully saturated rings. The number of hydrogen-bond donors (Lipinski definition) is 4. The zero-order valence-corrected chi connectivity index (χ0v) is 22.5. The largest absolute Gasteiger partial charge is 0.445 e. The summed E-state index contributed by atoms with van der Waals surface area (Å²) >= 11 is 4.39. The van der Waals surface area contributed by atoms with Gasteiger partial charge in [0.2, 0.25) is 5.91 Å². The second-order valence-corrected chi connectivity index (χ2v) is 11.1. The van der Waals surface area contributed by atoms with Crippen molar-refractivity contribution in [3.63, 3.8) is 0 Å². The van der Waals surface area contributed by atoms with E-state index in [0.717, 1.165) is 16.7 Å². The van der Waals surface area contributed by atoms with Crippen LogP contribution < -0.4 is 10.6 Å². The SMILES string of the molecule is O=C(N[C@@H](Cc1ccccc1)C(=O)N[C@@H](CCc1ccccc1)[C@@H](S)CS(=O)(=O)O)OCc1ccccc1. The average molecular weight is 557 g/mol. The van der Waals surface area contributed by atoms with Crippen molar-refractivity contribution < 1.29 is 27.3 Å². The minimum absolute atomic E-state index is 0.0408. The van der Waals surface area contributed by atoms with Crippen LogP contribution in [0.4, 0.5) is 4.79 Å². The normalized spacial score (nSPS) is 13.6. The van der Waals surface area contributed by atoms with E-state index in [0.29, 0.717) is 12.8 Å². The fourth-order valence-electron chi connectivity index (χ4n) is 3.91. The topological polar surface area (TPSA) is 122 Å². The Kier molecular flexibility index (Phi) is 11.2. The lowest BCUT2D eigenvalue weighted by Crippen LogP contribution is -2.53. The Morgan fingerprint density at radius 1 is 0.816 bits per heavy atom. The molecule has 0 aromatic heterocycles. The standard InChI is InChI=1S/C28H32N2O6S2/c31-27(29-24(26(37)20-38(33,34)35)17-16-21-10-4-1-5-11-21)25(18-22-12-6-2-7-13-22)30-28(32)36-19-23-14-8-3-9-15-23/h1-15,24-26,37H,16-20H2,(H,29,31)(H,30,32)(H,33,34,35)/t24-,25-,26-/m0/s1. The van der Waals surface area contributed by atoms with E-state index in [9.17, 15) is 22.6 Å². The van der Waals surface area contributed by atoms with Crippen molar-refractivity contribution in [2.75, 3.05) is 5.75 Å². The van der Waals surface area contributed by atoms with Gasteiger partial charge in [0.15, 0.2) is 0 Å². The van der Waals surface area contributed by atoms with Gasteiger partial charge in [-0.1, -0.05) is 91.0 Å². The molecule has 202 valence electrons. The Morgan fingerprint density at radius 2 is 1.34 bits per heavy atom. The van der Waals surface area contributed by atoms with Gasteiger partial charge in [0, 0.05) is 17.7 Å². The van der Waals surface area contributed by atoms with Crippen LogP contribution >= 0.6 is 12.6 Å². The molecule has 38 heavy (non-hydrogen) atoms. The molecule has 3 N–H and O–H groups in total. The van der Waals surface area contributed by atoms with E-state index in [1.165, 1.54) is 0 Å². The molecule has 0 heterocycles. The molecular weight excluding hydrogens is 524 g/mol. The highest BCUT2D eigenvalue weighted by Gasteiger charge is 2.29. The Balaban J connectivity index is 1.73. The summed E-state index contributed by atoms with van der Waals surface area (Å²) in [6.45, 7) is 0.0408. The van der Waals surface area contributed by atoms with Gasteiger partial charge in [-0.05, 0) is 29.5 Å². The van der Waals surface area contributed by atoms with Crippen LogP contribution in [-0.4, -0.2) is 48.1 Å². The van der Waals surface area contributed by atoms with Gasteiger partial charge in [-0.3, -0.25) is 9.35 Å². The number of thiol groups is 1. The molecule has 0 unspecified atom stereocenters. The van der Waals surface area contributed by atoms with Crippen LogP contribution in [0.5, 0.6) is 0 Å². The third kappa shape index (κ3) is 10.6. The zero-order chi connectivity index (χ0) is 27.4. The molecule has 3 aromatic carbocycles. The minimum Gasteiger partial charge on any atom is -0.445 e. The number of hydrogen-bond acceptors (Lipinski definition) is 6. The van der Waals surface area contributed by atoms with Crippen molar-refractivity contribution in [1.82, 2.24) is 10.6 Å². The van der Waals surface area contributed by atoms with E-state index in [4.69, 9.17) is 4.74 Å². The molecule has 3 aromatic rings. The highest BCUT2D eigenvalue weighted by Crippen LogP contribution is 2.14. The van der Waals surface area contributed by atoms with Gasteiger partial charge in [-0.15, -0.1) is 0 Å². The lowest BCUT2D eigenvalue weighted by atomic mass is 10.0. The molecule has 2 amide bonds. The van der Waals surface area contributed by atoms with Crippen LogP contribution in [0.25, 0.3) is 0 Å². The fraction of sp³-hybridized carbons (Fsp3) is 0.286. The second kappa shape index (κ2) is 14.6. The van der Waals surface area contributed by atoms with Crippen molar-refractivity contribution in [2.45, 2.75) is 43.2 Å². The van der Waals surface area contributed by atoms with E-state index in [1.807, 2.05) is 91.0 Å². The third-order valence-electron chi connectivity index (χ3n) is 5.86. The fourth-order valence-corrected chi connectivity index (χ4v) is 5.36. The van der Waals surface area contributed by atoms with E-state index >= 15 is 0 Å². The Morgan fingerprint density at radius 3 is 1.89 bits per heavy atom. The smallest absolute Gasteiger partial charge is 0.408 e. The lowest BCUT2D eigenvalue weighted by Gasteiger charge is -2.27. The molecule has 10 heteroatoms. The molecule has 3 rings (SSSR count). The average Bonchev–Trinajstić information content (AvgIpc) is 2.90. The van der Waals surface area contributed by atoms with Gasteiger partial charge in [0.05, 0.1) is 5.75 Å². The van der Waals surface area contributed by atoms with Crippen molar-refractivity contribution in [2.24, 2.45) is 0 Å². The van der Waals surface area contributed by atoms with Gasteiger partial charge in [0.25, 0.3) is 10.1 Å². The summed E-state index contributed by atoms with van der Waals surface area (Å²) in [5.74, 6) is -1.15. The van der Waals surface area contributed by atoms with E-state index in [-0.39, 0.29) is 13.0 Å². The first-order chi connectivity index (χ1) is 18.2. The molecule has 0 aliphatic heterocycles. The first kappa shape index (κ1) is 29.2. The first-order valence-electron chi connectivity index (χ1n) is 12.2. The number of amides is 2. The monoisotopic (exact) mass is 556 g/mol. The van der Waals surface area contributed by atoms with Crippen LogP contribution in [0.1, 0.15) is 23.1 Å². The molecule has 0 aliphatic carbocycles. The zero-order valence-electron chi connectivity index (χ0n) is 20.8. The minimum atomic E-state index is -4.33. The Bertz CT molecular complexity index is 1260. The maximum Gasteiger partial charge on any atom is 0.408 e. The molecular formula is C28H32N2O6S2. The summed E-state index contributed by atoms with van der Waals surface area (Å²) in [5, 5.41) is 4.61. The number of alkyl carbamates (subject to hydrolysis) is 1. The summed E-state index contributed by atoms with van der Waals surface area (Å²) < 4.78 is 37.8. The molecule has 0 saturated carbocycles. The number of benzene rings is 3. The summed E-state index contributed by atoms with van der Waals surface area (Å²) in [6, 6.07) is 26.2. The first-order valence-corrected chi connectivity index (χ1v) is 14.3. The maximum absolute atomic E-state index is 13.4. The Labute approximate surface area is 229 Å². The third-order valence-corrected chi connectivity index (χ3v) is 7.43. The van der Waals surface area contributed by atoms with Gasteiger partial charge in [0.1, 0.15) is 12.6 Å². The predicted molar refractivity (Wildman–Crippen MR) is 150 cm³/mol. The van der Waals surface area contributed by atoms with Crippen molar-refractivity contribution in [3.8, 4) is 0 Å². The van der Waals surface area contributed by atoms with Gasteiger partial charge >= 0.3 is 6.09 Å². The molecule has 0 saturated heterocycles. The molecule has 8 nitrogen and oxygen atoms in total. The molecule has 0 aliphatic rings. The lowest BCUT2D eigenvalue weighted by molar-refractivity contribution is -0.123. The van der Waals surface area contributed by atoms with E-state index < -0.39 is 45.2 Å². The number of ether oxygens (including phenoxy) is 1. The van der Waals surface area contributed by atoms with Crippen LogP contribution in [0.3, 0.4) is 0 Å². The molecule has 0 radical (unpaired) electrons. The van der Waals surface area contributed by atoms with Gasteiger partial charge in [-0.25, -0.2) is 4.79 Å². The van der Waals surface area contributed by atoms with E-state index in [1.54, 1.807) is 0 Å². The van der Waals surface area contributed by atoms with Crippen LogP contribution in [0.15, 0.2) is 91.0 Å². The summed E-state index contributed by atoms with van der Waals surface area (Å²) in [7, 11) is -4.33. The molecule has 0 bridgehead atoms. The van der Waals surface area contributed by atoms with Crippen molar-refractivity contribution in [3.05, 3.63) is 108 Å². The van der Waals surface area contributed by atoms with Crippen molar-refractivity contribution >= 4 is 34.7 Å². The van der Waals surface area contributed by atoms with Crippen molar-refractivity contribution in [1.29, 1.82) is 0 Å².